The van der Waals surface area contributed by atoms with Gasteiger partial charge in [0, 0.05) is 18.7 Å². The molecular formula is C16H27Cl2N3O2. The zero-order chi connectivity index (χ0) is 15.1. The predicted octanol–water partition coefficient (Wildman–Crippen LogP) is 3.42. The molecule has 1 aliphatic rings. The Morgan fingerprint density at radius 2 is 2.09 bits per heavy atom. The molecule has 3 N–H and O–H groups in total. The lowest BCUT2D eigenvalue weighted by molar-refractivity contribution is -0.119. The first kappa shape index (κ1) is 22.0. The number of amides is 1. The van der Waals surface area contributed by atoms with E-state index in [1.807, 2.05) is 12.1 Å². The quantitative estimate of drug-likeness (QED) is 0.811. The number of aromatic nitrogens is 1. The van der Waals surface area contributed by atoms with Crippen molar-refractivity contribution in [3.8, 4) is 5.75 Å². The third kappa shape index (κ3) is 6.94. The largest absolute Gasteiger partial charge is 0.489 e. The number of nitrogens with one attached hydrogen (secondary N) is 1. The van der Waals surface area contributed by atoms with Crippen molar-refractivity contribution in [1.82, 2.24) is 4.98 Å². The maximum atomic E-state index is 11.9. The van der Waals surface area contributed by atoms with E-state index in [-0.39, 0.29) is 36.6 Å². The van der Waals surface area contributed by atoms with E-state index >= 15 is 0 Å². The number of hydrogen-bond donors (Lipinski definition) is 2. The molecule has 0 bridgehead atoms. The van der Waals surface area contributed by atoms with E-state index in [1.54, 1.807) is 13.1 Å². The van der Waals surface area contributed by atoms with Gasteiger partial charge in [-0.15, -0.1) is 24.8 Å². The number of pyridine rings is 1. The minimum atomic E-state index is -0.238. The Morgan fingerprint density at radius 3 is 2.74 bits per heavy atom. The highest BCUT2D eigenvalue weighted by Gasteiger charge is 2.17. The van der Waals surface area contributed by atoms with Crippen molar-refractivity contribution in [2.45, 2.75) is 39.0 Å². The van der Waals surface area contributed by atoms with Crippen molar-refractivity contribution in [3.63, 3.8) is 0 Å². The van der Waals surface area contributed by atoms with Crippen molar-refractivity contribution in [2.24, 2.45) is 17.6 Å². The Morgan fingerprint density at radius 1 is 1.39 bits per heavy atom. The smallest absolute Gasteiger partial charge is 0.229 e. The average Bonchev–Trinajstić information content (AvgIpc) is 2.54. The normalized spacial score (nSPS) is 15.7. The lowest BCUT2D eigenvalue weighted by Gasteiger charge is -2.22. The molecule has 1 aromatic rings. The van der Waals surface area contributed by atoms with E-state index < -0.39 is 0 Å². The van der Waals surface area contributed by atoms with Crippen LogP contribution in [0.1, 0.15) is 39.0 Å². The summed E-state index contributed by atoms with van der Waals surface area (Å²) in [4.78, 5) is 16.1. The number of ether oxygens (including phenoxy) is 1. The van der Waals surface area contributed by atoms with Crippen LogP contribution in [0.4, 0.5) is 5.82 Å². The Kier molecular flexibility index (Phi) is 11.0. The van der Waals surface area contributed by atoms with Gasteiger partial charge in [0.25, 0.3) is 0 Å². The molecule has 1 amide bonds. The van der Waals surface area contributed by atoms with Crippen LogP contribution in [-0.4, -0.2) is 24.0 Å². The second-order valence-corrected chi connectivity index (χ2v) is 5.79. The third-order valence-electron chi connectivity index (χ3n) is 4.01. The highest BCUT2D eigenvalue weighted by molar-refractivity contribution is 5.92. The maximum absolute atomic E-state index is 11.9. The number of carbonyl (C=O) groups excluding carboxylic acids is 1. The van der Waals surface area contributed by atoms with Crippen molar-refractivity contribution in [3.05, 3.63) is 18.3 Å². The molecule has 1 fully saturated rings. The fourth-order valence-electron chi connectivity index (χ4n) is 2.51. The predicted molar refractivity (Wildman–Crippen MR) is 97.7 cm³/mol. The summed E-state index contributed by atoms with van der Waals surface area (Å²) in [6.45, 7) is 2.80. The zero-order valence-corrected chi connectivity index (χ0v) is 15.1. The molecule has 132 valence electrons. The second-order valence-electron chi connectivity index (χ2n) is 5.79. The van der Waals surface area contributed by atoms with Crippen LogP contribution >= 0.6 is 24.8 Å². The van der Waals surface area contributed by atoms with E-state index in [0.29, 0.717) is 30.6 Å². The average molecular weight is 364 g/mol. The fraction of sp³-hybridized carbons (Fsp3) is 0.625. The molecule has 1 heterocycles. The molecule has 0 saturated heterocycles. The molecule has 1 atom stereocenters. The van der Waals surface area contributed by atoms with Gasteiger partial charge < -0.3 is 15.8 Å². The summed E-state index contributed by atoms with van der Waals surface area (Å²) < 4.78 is 5.88. The molecule has 0 aromatic carbocycles. The van der Waals surface area contributed by atoms with Gasteiger partial charge in [0.1, 0.15) is 0 Å². The third-order valence-corrected chi connectivity index (χ3v) is 4.01. The first-order valence-corrected chi connectivity index (χ1v) is 7.79. The van der Waals surface area contributed by atoms with Crippen LogP contribution in [0.3, 0.4) is 0 Å². The van der Waals surface area contributed by atoms with Gasteiger partial charge in [0.05, 0.1) is 6.61 Å². The van der Waals surface area contributed by atoms with Crippen LogP contribution < -0.4 is 15.8 Å². The molecular weight excluding hydrogens is 337 g/mol. The summed E-state index contributed by atoms with van der Waals surface area (Å²) in [6.07, 6.45) is 8.02. The van der Waals surface area contributed by atoms with E-state index in [2.05, 4.69) is 10.3 Å². The monoisotopic (exact) mass is 363 g/mol. The lowest BCUT2D eigenvalue weighted by atomic mass is 9.90. The first-order valence-electron chi connectivity index (χ1n) is 7.79. The maximum Gasteiger partial charge on any atom is 0.229 e. The number of halogens is 2. The van der Waals surface area contributed by atoms with Gasteiger partial charge in [-0.2, -0.15) is 0 Å². The van der Waals surface area contributed by atoms with E-state index in [1.165, 1.54) is 32.1 Å². The van der Waals surface area contributed by atoms with Gasteiger partial charge in [0.2, 0.25) is 5.91 Å². The van der Waals surface area contributed by atoms with Gasteiger partial charge in [-0.1, -0.05) is 26.2 Å². The molecule has 0 aliphatic heterocycles. The molecule has 1 saturated carbocycles. The van der Waals surface area contributed by atoms with Crippen molar-refractivity contribution in [1.29, 1.82) is 0 Å². The van der Waals surface area contributed by atoms with E-state index in [9.17, 15) is 4.79 Å². The summed E-state index contributed by atoms with van der Waals surface area (Å²) >= 11 is 0. The van der Waals surface area contributed by atoms with Crippen molar-refractivity contribution < 1.29 is 9.53 Å². The molecule has 1 aromatic heterocycles. The molecule has 2 rings (SSSR count). The number of rotatable bonds is 6. The topological polar surface area (TPSA) is 77.2 Å². The Labute approximate surface area is 150 Å². The summed E-state index contributed by atoms with van der Waals surface area (Å²) in [6, 6.07) is 3.66. The number of hydrogen-bond acceptors (Lipinski definition) is 4. The molecule has 0 radical (unpaired) electrons. The van der Waals surface area contributed by atoms with Crippen molar-refractivity contribution >= 4 is 36.5 Å². The Bertz CT molecular complexity index is 468. The standard InChI is InChI=1S/C16H25N3O2.2ClH/c1-12(10-17)16(20)19-15-14(8-5-9-18-15)21-11-13-6-3-2-4-7-13;;/h5,8-9,12-13H,2-4,6-7,10-11,17H2,1H3,(H,18,19,20);2*1H. The molecule has 23 heavy (non-hydrogen) atoms. The van der Waals surface area contributed by atoms with Gasteiger partial charge in [-0.3, -0.25) is 4.79 Å². The van der Waals surface area contributed by atoms with Gasteiger partial charge in [-0.25, -0.2) is 4.98 Å². The van der Waals surface area contributed by atoms with Crippen LogP contribution in [0.15, 0.2) is 18.3 Å². The van der Waals surface area contributed by atoms with Crippen LogP contribution in [-0.2, 0) is 4.79 Å². The Balaban J connectivity index is 0.00000242. The van der Waals surface area contributed by atoms with Gasteiger partial charge in [-0.05, 0) is 30.9 Å². The Hall–Kier alpha value is -1.04. The second kappa shape index (κ2) is 11.5. The number of anilines is 1. The summed E-state index contributed by atoms with van der Waals surface area (Å²) in [7, 11) is 0. The highest BCUT2D eigenvalue weighted by Crippen LogP contribution is 2.27. The van der Waals surface area contributed by atoms with Crippen LogP contribution in [0, 0.1) is 11.8 Å². The number of nitrogens with zero attached hydrogens (tertiary/aromatic N) is 1. The van der Waals surface area contributed by atoms with Gasteiger partial charge in [0.15, 0.2) is 11.6 Å². The molecule has 7 heteroatoms. The molecule has 5 nitrogen and oxygen atoms in total. The number of carbonyl (C=O) groups is 1. The summed E-state index contributed by atoms with van der Waals surface area (Å²) in [5, 5.41) is 2.79. The lowest BCUT2D eigenvalue weighted by Crippen LogP contribution is -2.27. The van der Waals surface area contributed by atoms with E-state index in [0.717, 1.165) is 0 Å². The fourth-order valence-corrected chi connectivity index (χ4v) is 2.51. The van der Waals surface area contributed by atoms with Crippen LogP contribution in [0.5, 0.6) is 5.75 Å². The highest BCUT2D eigenvalue weighted by atomic mass is 35.5. The zero-order valence-electron chi connectivity index (χ0n) is 13.5. The summed E-state index contributed by atoms with van der Waals surface area (Å²) in [5.74, 6) is 1.38. The SMILES string of the molecule is CC(CN)C(=O)Nc1ncccc1OCC1CCCCC1.Cl.Cl. The van der Waals surface area contributed by atoms with Gasteiger partial charge >= 0.3 is 0 Å². The van der Waals surface area contributed by atoms with E-state index in [4.69, 9.17) is 10.5 Å². The first-order chi connectivity index (χ1) is 10.2. The molecule has 1 unspecified atom stereocenters. The number of nitrogens with two attached hydrogens (primary N) is 1. The molecule has 0 spiro atoms. The van der Waals surface area contributed by atoms with Crippen molar-refractivity contribution in [2.75, 3.05) is 18.5 Å². The molecule has 1 aliphatic carbocycles. The summed E-state index contributed by atoms with van der Waals surface area (Å²) in [5.41, 5.74) is 5.51. The van der Waals surface area contributed by atoms with Crippen LogP contribution in [0.25, 0.3) is 0 Å². The minimum absolute atomic E-state index is 0. The minimum Gasteiger partial charge on any atom is -0.489 e. The van der Waals surface area contributed by atoms with Crippen LogP contribution in [0.2, 0.25) is 0 Å².